The van der Waals surface area contributed by atoms with Gasteiger partial charge in [-0.1, -0.05) is 6.92 Å². The maximum Gasteiger partial charge on any atom is 0.129 e. The van der Waals surface area contributed by atoms with Gasteiger partial charge in [0.15, 0.2) is 0 Å². The summed E-state index contributed by atoms with van der Waals surface area (Å²) in [6.07, 6.45) is 1.04. The standard InChI is InChI=1S/C12H17F2NO/c1-3-9(2)15-4-5-16-12-7-10(13)6-11(14)8-12/h6-9,15H,3-5H2,1-2H3. The second-order valence-electron chi connectivity index (χ2n) is 3.72. The van der Waals surface area contributed by atoms with Gasteiger partial charge in [-0.2, -0.15) is 0 Å². The van der Waals surface area contributed by atoms with E-state index in [-0.39, 0.29) is 5.75 Å². The van der Waals surface area contributed by atoms with E-state index < -0.39 is 11.6 Å². The lowest BCUT2D eigenvalue weighted by Crippen LogP contribution is -2.29. The van der Waals surface area contributed by atoms with Crippen molar-refractivity contribution in [2.75, 3.05) is 13.2 Å². The maximum atomic E-state index is 12.8. The second kappa shape index (κ2) is 6.43. The Kier molecular flexibility index (Phi) is 5.19. The zero-order valence-electron chi connectivity index (χ0n) is 9.59. The molecule has 0 saturated heterocycles. The van der Waals surface area contributed by atoms with E-state index in [1.165, 1.54) is 12.1 Å². The minimum atomic E-state index is -0.620. The van der Waals surface area contributed by atoms with Crippen LogP contribution in [0.1, 0.15) is 20.3 Å². The molecule has 1 N–H and O–H groups in total. The molecule has 0 aliphatic rings. The van der Waals surface area contributed by atoms with Crippen molar-refractivity contribution in [1.29, 1.82) is 0 Å². The fourth-order valence-corrected chi connectivity index (χ4v) is 1.23. The Labute approximate surface area is 94.6 Å². The Morgan fingerprint density at radius 1 is 1.25 bits per heavy atom. The molecule has 0 amide bonds. The third-order valence-electron chi connectivity index (χ3n) is 2.31. The Morgan fingerprint density at radius 3 is 2.44 bits per heavy atom. The van der Waals surface area contributed by atoms with E-state index in [4.69, 9.17) is 4.74 Å². The molecule has 1 atom stereocenters. The predicted octanol–water partition coefficient (Wildman–Crippen LogP) is 2.73. The number of ether oxygens (including phenoxy) is 1. The molecule has 1 aromatic rings. The Balaban J connectivity index is 2.32. The minimum Gasteiger partial charge on any atom is -0.492 e. The van der Waals surface area contributed by atoms with Crippen molar-refractivity contribution < 1.29 is 13.5 Å². The summed E-state index contributed by atoms with van der Waals surface area (Å²) in [4.78, 5) is 0. The van der Waals surface area contributed by atoms with E-state index in [2.05, 4.69) is 19.2 Å². The first-order valence-electron chi connectivity index (χ1n) is 5.44. The zero-order chi connectivity index (χ0) is 12.0. The molecule has 0 radical (unpaired) electrons. The van der Waals surface area contributed by atoms with Gasteiger partial charge >= 0.3 is 0 Å². The molecule has 0 spiro atoms. The lowest BCUT2D eigenvalue weighted by molar-refractivity contribution is 0.303. The highest BCUT2D eigenvalue weighted by Gasteiger charge is 2.01. The average molecular weight is 229 g/mol. The van der Waals surface area contributed by atoms with Crippen LogP contribution in [0, 0.1) is 11.6 Å². The van der Waals surface area contributed by atoms with Gasteiger partial charge in [0, 0.05) is 30.8 Å². The first-order chi connectivity index (χ1) is 7.61. The Bertz CT molecular complexity index is 311. The number of halogens is 2. The molecule has 1 rings (SSSR count). The molecule has 0 aromatic heterocycles. The van der Waals surface area contributed by atoms with Gasteiger partial charge in [0.25, 0.3) is 0 Å². The van der Waals surface area contributed by atoms with Gasteiger partial charge in [0.2, 0.25) is 0 Å². The van der Waals surface area contributed by atoms with Crippen molar-refractivity contribution in [3.05, 3.63) is 29.8 Å². The molecular weight excluding hydrogens is 212 g/mol. The summed E-state index contributed by atoms with van der Waals surface area (Å²) in [5.74, 6) is -1.02. The summed E-state index contributed by atoms with van der Waals surface area (Å²) in [5, 5.41) is 3.22. The van der Waals surface area contributed by atoms with Crippen molar-refractivity contribution in [1.82, 2.24) is 5.32 Å². The van der Waals surface area contributed by atoms with Crippen molar-refractivity contribution in [2.24, 2.45) is 0 Å². The van der Waals surface area contributed by atoms with E-state index >= 15 is 0 Å². The van der Waals surface area contributed by atoms with Gasteiger partial charge in [-0.15, -0.1) is 0 Å². The summed E-state index contributed by atoms with van der Waals surface area (Å²) in [6.45, 7) is 5.21. The number of hydrogen-bond donors (Lipinski definition) is 1. The quantitative estimate of drug-likeness (QED) is 0.757. The van der Waals surface area contributed by atoms with Crippen LogP contribution in [0.15, 0.2) is 18.2 Å². The molecule has 0 fully saturated rings. The van der Waals surface area contributed by atoms with E-state index in [0.717, 1.165) is 12.5 Å². The summed E-state index contributed by atoms with van der Waals surface area (Å²) in [6, 6.07) is 3.59. The Morgan fingerprint density at radius 2 is 1.88 bits per heavy atom. The molecule has 0 saturated carbocycles. The summed E-state index contributed by atoms with van der Waals surface area (Å²) in [7, 11) is 0. The van der Waals surface area contributed by atoms with E-state index in [1.807, 2.05) is 0 Å². The van der Waals surface area contributed by atoms with Crippen molar-refractivity contribution in [3.63, 3.8) is 0 Å². The van der Waals surface area contributed by atoms with Gasteiger partial charge in [-0.25, -0.2) is 8.78 Å². The van der Waals surface area contributed by atoms with Crippen molar-refractivity contribution >= 4 is 0 Å². The molecule has 4 heteroatoms. The molecule has 1 aromatic carbocycles. The monoisotopic (exact) mass is 229 g/mol. The maximum absolute atomic E-state index is 12.8. The average Bonchev–Trinajstić information content (AvgIpc) is 2.22. The van der Waals surface area contributed by atoms with Crippen molar-refractivity contribution in [3.8, 4) is 5.75 Å². The highest BCUT2D eigenvalue weighted by atomic mass is 19.1. The molecule has 2 nitrogen and oxygen atoms in total. The third kappa shape index (κ3) is 4.57. The van der Waals surface area contributed by atoms with E-state index in [9.17, 15) is 8.78 Å². The molecule has 0 bridgehead atoms. The number of rotatable bonds is 6. The van der Waals surface area contributed by atoms with Crippen LogP contribution in [0.4, 0.5) is 8.78 Å². The second-order valence-corrected chi connectivity index (χ2v) is 3.72. The van der Waals surface area contributed by atoms with Gasteiger partial charge in [0.1, 0.15) is 24.0 Å². The van der Waals surface area contributed by atoms with Crippen LogP contribution in [0.25, 0.3) is 0 Å². The molecule has 0 aliphatic carbocycles. The highest BCUT2D eigenvalue weighted by Crippen LogP contribution is 2.14. The lowest BCUT2D eigenvalue weighted by atomic mass is 10.3. The molecular formula is C12H17F2NO. The Hall–Kier alpha value is -1.16. The normalized spacial score (nSPS) is 12.5. The fourth-order valence-electron chi connectivity index (χ4n) is 1.23. The fraction of sp³-hybridized carbons (Fsp3) is 0.500. The minimum absolute atomic E-state index is 0.225. The van der Waals surface area contributed by atoms with Crippen LogP contribution < -0.4 is 10.1 Å². The molecule has 90 valence electrons. The molecule has 16 heavy (non-hydrogen) atoms. The van der Waals surface area contributed by atoms with Crippen LogP contribution in [0.2, 0.25) is 0 Å². The summed E-state index contributed by atoms with van der Waals surface area (Å²) < 4.78 is 30.8. The van der Waals surface area contributed by atoms with Crippen LogP contribution in [-0.2, 0) is 0 Å². The zero-order valence-corrected chi connectivity index (χ0v) is 9.59. The molecule has 0 aliphatic heterocycles. The van der Waals surface area contributed by atoms with E-state index in [0.29, 0.717) is 19.2 Å². The summed E-state index contributed by atoms with van der Waals surface area (Å²) >= 11 is 0. The number of nitrogens with one attached hydrogen (secondary N) is 1. The van der Waals surface area contributed by atoms with Crippen LogP contribution >= 0.6 is 0 Å². The van der Waals surface area contributed by atoms with Crippen LogP contribution in [0.3, 0.4) is 0 Å². The van der Waals surface area contributed by atoms with Gasteiger partial charge in [-0.3, -0.25) is 0 Å². The molecule has 0 heterocycles. The third-order valence-corrected chi connectivity index (χ3v) is 2.31. The van der Waals surface area contributed by atoms with Crippen LogP contribution in [-0.4, -0.2) is 19.2 Å². The molecule has 1 unspecified atom stereocenters. The topological polar surface area (TPSA) is 21.3 Å². The number of benzene rings is 1. The lowest BCUT2D eigenvalue weighted by Gasteiger charge is -2.12. The first-order valence-corrected chi connectivity index (χ1v) is 5.44. The highest BCUT2D eigenvalue weighted by molar-refractivity contribution is 5.23. The smallest absolute Gasteiger partial charge is 0.129 e. The van der Waals surface area contributed by atoms with Gasteiger partial charge in [-0.05, 0) is 13.3 Å². The van der Waals surface area contributed by atoms with Crippen LogP contribution in [0.5, 0.6) is 5.75 Å². The first kappa shape index (κ1) is 12.9. The number of hydrogen-bond acceptors (Lipinski definition) is 2. The van der Waals surface area contributed by atoms with Gasteiger partial charge in [0.05, 0.1) is 0 Å². The SMILES string of the molecule is CCC(C)NCCOc1cc(F)cc(F)c1. The summed E-state index contributed by atoms with van der Waals surface area (Å²) in [5.41, 5.74) is 0. The van der Waals surface area contributed by atoms with Crippen molar-refractivity contribution in [2.45, 2.75) is 26.3 Å². The predicted molar refractivity (Wildman–Crippen MR) is 59.6 cm³/mol. The van der Waals surface area contributed by atoms with Gasteiger partial charge < -0.3 is 10.1 Å². The largest absolute Gasteiger partial charge is 0.492 e. The van der Waals surface area contributed by atoms with E-state index in [1.54, 1.807) is 0 Å².